The van der Waals surface area contributed by atoms with Gasteiger partial charge in [-0.15, -0.1) is 11.8 Å². The van der Waals surface area contributed by atoms with Gasteiger partial charge in [-0.1, -0.05) is 18.2 Å². The molecular weight excluding hydrogens is 328 g/mol. The van der Waals surface area contributed by atoms with Gasteiger partial charge < -0.3 is 9.80 Å². The Morgan fingerprint density at radius 2 is 1.87 bits per heavy atom. The SMILES string of the molecule is O=C(C1CCCN1C(=O)CSc1ccccc1)N1CCSCC1. The van der Waals surface area contributed by atoms with Crippen LogP contribution in [0, 0.1) is 0 Å². The Balaban J connectivity index is 1.57. The van der Waals surface area contributed by atoms with Crippen molar-refractivity contribution in [3.05, 3.63) is 30.3 Å². The first-order chi connectivity index (χ1) is 11.3. The Morgan fingerprint density at radius 1 is 1.13 bits per heavy atom. The van der Waals surface area contributed by atoms with Gasteiger partial charge in [0.25, 0.3) is 0 Å². The van der Waals surface area contributed by atoms with E-state index in [9.17, 15) is 9.59 Å². The number of hydrogen-bond donors (Lipinski definition) is 0. The smallest absolute Gasteiger partial charge is 0.245 e. The molecule has 4 nitrogen and oxygen atoms in total. The van der Waals surface area contributed by atoms with Gasteiger partial charge in [0.1, 0.15) is 6.04 Å². The molecule has 2 fully saturated rings. The number of benzene rings is 1. The van der Waals surface area contributed by atoms with E-state index in [4.69, 9.17) is 0 Å². The van der Waals surface area contributed by atoms with Crippen LogP contribution >= 0.6 is 23.5 Å². The van der Waals surface area contributed by atoms with E-state index in [2.05, 4.69) is 0 Å². The molecule has 0 radical (unpaired) electrons. The van der Waals surface area contributed by atoms with Crippen molar-refractivity contribution in [2.24, 2.45) is 0 Å². The molecular formula is C17H22N2O2S2. The molecule has 1 unspecified atom stereocenters. The lowest BCUT2D eigenvalue weighted by atomic mass is 10.2. The second-order valence-electron chi connectivity index (χ2n) is 5.78. The van der Waals surface area contributed by atoms with E-state index in [1.54, 1.807) is 16.7 Å². The lowest BCUT2D eigenvalue weighted by molar-refractivity contribution is -0.142. The molecule has 2 saturated heterocycles. The van der Waals surface area contributed by atoms with Gasteiger partial charge >= 0.3 is 0 Å². The van der Waals surface area contributed by atoms with E-state index < -0.39 is 0 Å². The van der Waals surface area contributed by atoms with E-state index in [0.29, 0.717) is 12.3 Å². The van der Waals surface area contributed by atoms with Gasteiger partial charge in [0, 0.05) is 36.0 Å². The summed E-state index contributed by atoms with van der Waals surface area (Å²) in [7, 11) is 0. The van der Waals surface area contributed by atoms with Crippen molar-refractivity contribution >= 4 is 35.3 Å². The minimum Gasteiger partial charge on any atom is -0.339 e. The molecule has 0 spiro atoms. The van der Waals surface area contributed by atoms with Crippen molar-refractivity contribution in [1.82, 2.24) is 9.80 Å². The minimum absolute atomic E-state index is 0.0843. The number of hydrogen-bond acceptors (Lipinski definition) is 4. The fourth-order valence-electron chi connectivity index (χ4n) is 3.06. The van der Waals surface area contributed by atoms with Crippen molar-refractivity contribution in [2.45, 2.75) is 23.8 Å². The average Bonchev–Trinajstić information content (AvgIpc) is 3.10. The number of nitrogens with zero attached hydrogens (tertiary/aromatic N) is 2. The molecule has 23 heavy (non-hydrogen) atoms. The lowest BCUT2D eigenvalue weighted by Crippen LogP contribution is -2.50. The number of carbonyl (C=O) groups excluding carboxylic acids is 2. The highest BCUT2D eigenvalue weighted by atomic mass is 32.2. The lowest BCUT2D eigenvalue weighted by Gasteiger charge is -2.32. The summed E-state index contributed by atoms with van der Waals surface area (Å²) in [6, 6.07) is 9.71. The van der Waals surface area contributed by atoms with Gasteiger partial charge in [0.2, 0.25) is 11.8 Å². The predicted octanol–water partition coefficient (Wildman–Crippen LogP) is 2.35. The molecule has 2 aliphatic rings. The summed E-state index contributed by atoms with van der Waals surface area (Å²) in [6.45, 7) is 2.36. The molecule has 124 valence electrons. The molecule has 0 aromatic heterocycles. The topological polar surface area (TPSA) is 40.6 Å². The van der Waals surface area contributed by atoms with Crippen LogP contribution < -0.4 is 0 Å². The molecule has 0 N–H and O–H groups in total. The van der Waals surface area contributed by atoms with Crippen LogP contribution in [-0.2, 0) is 9.59 Å². The number of amides is 2. The van der Waals surface area contributed by atoms with Gasteiger partial charge in [0.05, 0.1) is 5.75 Å². The molecule has 3 rings (SSSR count). The second-order valence-corrected chi connectivity index (χ2v) is 8.06. The molecule has 6 heteroatoms. The van der Waals surface area contributed by atoms with Gasteiger partial charge in [-0.3, -0.25) is 9.59 Å². The molecule has 1 aromatic rings. The van der Waals surface area contributed by atoms with Gasteiger partial charge in [-0.05, 0) is 25.0 Å². The van der Waals surface area contributed by atoms with E-state index >= 15 is 0 Å². The first-order valence-corrected chi connectivity index (χ1v) is 10.2. The summed E-state index contributed by atoms with van der Waals surface area (Å²) in [5, 5.41) is 0. The number of likely N-dealkylation sites (tertiary alicyclic amines) is 1. The molecule has 2 amide bonds. The number of thioether (sulfide) groups is 2. The highest BCUT2D eigenvalue weighted by Gasteiger charge is 2.36. The molecule has 1 atom stereocenters. The summed E-state index contributed by atoms with van der Waals surface area (Å²) >= 11 is 3.44. The molecule has 0 aliphatic carbocycles. The monoisotopic (exact) mass is 350 g/mol. The summed E-state index contributed by atoms with van der Waals surface area (Å²) in [6.07, 6.45) is 1.74. The maximum atomic E-state index is 12.7. The number of rotatable bonds is 4. The van der Waals surface area contributed by atoms with Crippen molar-refractivity contribution in [3.63, 3.8) is 0 Å². The van der Waals surface area contributed by atoms with E-state index in [0.717, 1.165) is 42.3 Å². The fourth-order valence-corrected chi connectivity index (χ4v) is 4.77. The summed E-state index contributed by atoms with van der Waals surface area (Å²) in [5.74, 6) is 2.66. The normalized spacial score (nSPS) is 21.5. The Labute approximate surface area is 146 Å². The first kappa shape index (κ1) is 16.7. The van der Waals surface area contributed by atoms with Gasteiger partial charge in [-0.25, -0.2) is 0 Å². The van der Waals surface area contributed by atoms with Crippen LogP contribution in [0.3, 0.4) is 0 Å². The standard InChI is InChI=1S/C17H22N2O2S2/c20-16(13-23-14-5-2-1-3-6-14)19-8-4-7-15(19)17(21)18-9-11-22-12-10-18/h1-3,5-6,15H,4,7-13H2. The summed E-state index contributed by atoms with van der Waals surface area (Å²) < 4.78 is 0. The highest BCUT2D eigenvalue weighted by molar-refractivity contribution is 8.00. The van der Waals surface area contributed by atoms with Crippen LogP contribution in [0.5, 0.6) is 0 Å². The molecule has 0 saturated carbocycles. The first-order valence-electron chi connectivity index (χ1n) is 8.09. The van der Waals surface area contributed by atoms with Crippen molar-refractivity contribution in [2.75, 3.05) is 36.9 Å². The van der Waals surface area contributed by atoms with E-state index in [1.807, 2.05) is 47.0 Å². The van der Waals surface area contributed by atoms with Crippen LogP contribution in [0.15, 0.2) is 35.2 Å². The fraction of sp³-hybridized carbons (Fsp3) is 0.529. The molecule has 0 bridgehead atoms. The Bertz CT molecular complexity index is 547. The van der Waals surface area contributed by atoms with Crippen molar-refractivity contribution < 1.29 is 9.59 Å². The third-order valence-corrected chi connectivity index (χ3v) is 6.23. The van der Waals surface area contributed by atoms with Crippen molar-refractivity contribution in [3.8, 4) is 0 Å². The van der Waals surface area contributed by atoms with Crippen LogP contribution in [0.1, 0.15) is 12.8 Å². The average molecular weight is 351 g/mol. The van der Waals surface area contributed by atoms with E-state index in [1.165, 1.54) is 0 Å². The van der Waals surface area contributed by atoms with Crippen LogP contribution in [0.25, 0.3) is 0 Å². The van der Waals surface area contributed by atoms with Crippen LogP contribution in [-0.4, -0.2) is 64.5 Å². The van der Waals surface area contributed by atoms with Crippen LogP contribution in [0.4, 0.5) is 0 Å². The largest absolute Gasteiger partial charge is 0.339 e. The second kappa shape index (κ2) is 8.11. The summed E-state index contributed by atoms with van der Waals surface area (Å²) in [5.41, 5.74) is 0. The highest BCUT2D eigenvalue weighted by Crippen LogP contribution is 2.24. The third kappa shape index (κ3) is 4.23. The Kier molecular flexibility index (Phi) is 5.89. The zero-order valence-electron chi connectivity index (χ0n) is 13.1. The Morgan fingerprint density at radius 3 is 2.61 bits per heavy atom. The van der Waals surface area contributed by atoms with Gasteiger partial charge in [-0.2, -0.15) is 11.8 Å². The van der Waals surface area contributed by atoms with Crippen LogP contribution in [0.2, 0.25) is 0 Å². The van der Waals surface area contributed by atoms with Gasteiger partial charge in [0.15, 0.2) is 0 Å². The number of carbonyl (C=O) groups is 2. The van der Waals surface area contributed by atoms with E-state index in [-0.39, 0.29) is 17.9 Å². The maximum Gasteiger partial charge on any atom is 0.245 e. The zero-order chi connectivity index (χ0) is 16.1. The van der Waals surface area contributed by atoms with Crippen molar-refractivity contribution in [1.29, 1.82) is 0 Å². The molecule has 1 aromatic carbocycles. The maximum absolute atomic E-state index is 12.7. The molecule has 2 aliphatic heterocycles. The third-order valence-electron chi connectivity index (χ3n) is 4.29. The minimum atomic E-state index is -0.234. The predicted molar refractivity (Wildman–Crippen MR) is 95.8 cm³/mol. The Hall–Kier alpha value is -1.14. The molecule has 2 heterocycles. The summed E-state index contributed by atoms with van der Waals surface area (Å²) in [4.78, 5) is 30.1. The quantitative estimate of drug-likeness (QED) is 0.782. The zero-order valence-corrected chi connectivity index (χ0v) is 14.8.